The first-order valence-corrected chi connectivity index (χ1v) is 5.40. The fourth-order valence-corrected chi connectivity index (χ4v) is 2.04. The number of alkyl halides is 3. The van der Waals surface area contributed by atoms with Gasteiger partial charge in [-0.3, -0.25) is 4.79 Å². The Morgan fingerprint density at radius 2 is 2.06 bits per heavy atom. The minimum Gasteiger partial charge on any atom is -0.303 e. The standard InChI is InChI=1S/C10H12F3N3O/c11-10(12,13)9(17)15-8-5-6-14-16(8)7-3-1-2-4-7/h5-7H,1-4H2,(H,15,17). The van der Waals surface area contributed by atoms with Crippen molar-refractivity contribution < 1.29 is 18.0 Å². The minimum absolute atomic E-state index is 0.0912. The van der Waals surface area contributed by atoms with E-state index in [0.717, 1.165) is 25.7 Å². The first-order chi connectivity index (χ1) is 7.98. The molecule has 1 aliphatic carbocycles. The maximum absolute atomic E-state index is 12.1. The molecule has 7 heteroatoms. The number of nitrogens with one attached hydrogen (secondary N) is 1. The topological polar surface area (TPSA) is 46.9 Å². The van der Waals surface area contributed by atoms with Gasteiger partial charge in [-0.05, 0) is 12.8 Å². The van der Waals surface area contributed by atoms with Gasteiger partial charge in [0.25, 0.3) is 0 Å². The van der Waals surface area contributed by atoms with Crippen LogP contribution in [0.3, 0.4) is 0 Å². The summed E-state index contributed by atoms with van der Waals surface area (Å²) >= 11 is 0. The molecule has 1 amide bonds. The van der Waals surface area contributed by atoms with E-state index in [9.17, 15) is 18.0 Å². The smallest absolute Gasteiger partial charge is 0.303 e. The predicted octanol–water partition coefficient (Wildman–Crippen LogP) is 2.50. The number of carbonyl (C=O) groups excluding carboxylic acids is 1. The molecule has 0 saturated heterocycles. The van der Waals surface area contributed by atoms with E-state index in [1.807, 2.05) is 5.32 Å². The quantitative estimate of drug-likeness (QED) is 0.872. The van der Waals surface area contributed by atoms with Crippen molar-refractivity contribution >= 4 is 11.7 Å². The molecular weight excluding hydrogens is 235 g/mol. The zero-order chi connectivity index (χ0) is 12.5. The fraction of sp³-hybridized carbons (Fsp3) is 0.600. The van der Waals surface area contributed by atoms with Crippen LogP contribution in [0.1, 0.15) is 31.7 Å². The summed E-state index contributed by atoms with van der Waals surface area (Å²) in [7, 11) is 0. The molecule has 1 aliphatic rings. The van der Waals surface area contributed by atoms with E-state index in [1.165, 1.54) is 16.9 Å². The van der Waals surface area contributed by atoms with Gasteiger partial charge in [-0.25, -0.2) is 4.68 Å². The van der Waals surface area contributed by atoms with Crippen LogP contribution < -0.4 is 5.32 Å². The molecule has 1 aromatic heterocycles. The molecule has 0 aliphatic heterocycles. The number of nitrogens with zero attached hydrogens (tertiary/aromatic N) is 2. The number of rotatable bonds is 2. The molecule has 1 N–H and O–H groups in total. The van der Waals surface area contributed by atoms with E-state index in [1.54, 1.807) is 0 Å². The molecule has 94 valence electrons. The molecule has 1 fully saturated rings. The lowest BCUT2D eigenvalue weighted by Crippen LogP contribution is -2.31. The third kappa shape index (κ3) is 2.59. The van der Waals surface area contributed by atoms with Gasteiger partial charge in [0.2, 0.25) is 0 Å². The van der Waals surface area contributed by atoms with Gasteiger partial charge in [0.15, 0.2) is 0 Å². The van der Waals surface area contributed by atoms with Crippen molar-refractivity contribution in [2.75, 3.05) is 5.32 Å². The van der Waals surface area contributed by atoms with Crippen molar-refractivity contribution in [3.8, 4) is 0 Å². The largest absolute Gasteiger partial charge is 0.471 e. The summed E-state index contributed by atoms with van der Waals surface area (Å²) in [6, 6.07) is 1.47. The van der Waals surface area contributed by atoms with Crippen LogP contribution in [0.25, 0.3) is 0 Å². The van der Waals surface area contributed by atoms with Gasteiger partial charge in [0, 0.05) is 6.07 Å². The Kier molecular flexibility index (Phi) is 3.08. The maximum atomic E-state index is 12.1. The zero-order valence-electron chi connectivity index (χ0n) is 9.00. The van der Waals surface area contributed by atoms with Crippen LogP contribution in [0.4, 0.5) is 19.0 Å². The number of hydrogen-bond acceptors (Lipinski definition) is 2. The lowest BCUT2D eigenvalue weighted by atomic mass is 10.2. The maximum Gasteiger partial charge on any atom is 0.471 e. The van der Waals surface area contributed by atoms with Crippen LogP contribution in [0.15, 0.2) is 12.3 Å². The average molecular weight is 247 g/mol. The molecule has 0 aromatic carbocycles. The Morgan fingerprint density at radius 3 is 2.65 bits per heavy atom. The fourth-order valence-electron chi connectivity index (χ4n) is 2.04. The molecule has 1 aromatic rings. The monoisotopic (exact) mass is 247 g/mol. The SMILES string of the molecule is O=C(Nc1ccnn1C1CCCC1)C(F)(F)F. The highest BCUT2D eigenvalue weighted by molar-refractivity contribution is 5.94. The third-order valence-electron chi connectivity index (χ3n) is 2.84. The molecule has 0 spiro atoms. The number of aromatic nitrogens is 2. The van der Waals surface area contributed by atoms with Crippen molar-refractivity contribution in [2.24, 2.45) is 0 Å². The second-order valence-electron chi connectivity index (χ2n) is 4.05. The predicted molar refractivity (Wildman–Crippen MR) is 54.4 cm³/mol. The van der Waals surface area contributed by atoms with Crippen LogP contribution in [0.5, 0.6) is 0 Å². The lowest BCUT2D eigenvalue weighted by molar-refractivity contribution is -0.167. The molecule has 17 heavy (non-hydrogen) atoms. The molecular formula is C10H12F3N3O. The van der Waals surface area contributed by atoms with Gasteiger partial charge >= 0.3 is 12.1 Å². The van der Waals surface area contributed by atoms with Crippen molar-refractivity contribution in [2.45, 2.75) is 37.9 Å². The first-order valence-electron chi connectivity index (χ1n) is 5.40. The summed E-state index contributed by atoms with van der Waals surface area (Å²) in [5.41, 5.74) is 0. The number of amides is 1. The molecule has 0 atom stereocenters. The number of halogens is 3. The Bertz CT molecular complexity index is 407. The third-order valence-corrected chi connectivity index (χ3v) is 2.84. The Morgan fingerprint density at radius 1 is 1.41 bits per heavy atom. The van der Waals surface area contributed by atoms with E-state index < -0.39 is 12.1 Å². The van der Waals surface area contributed by atoms with Gasteiger partial charge in [-0.15, -0.1) is 0 Å². The van der Waals surface area contributed by atoms with E-state index in [-0.39, 0.29) is 11.9 Å². The normalized spacial score (nSPS) is 17.4. The molecule has 0 bridgehead atoms. The summed E-state index contributed by atoms with van der Waals surface area (Å²) in [4.78, 5) is 10.8. The van der Waals surface area contributed by atoms with Crippen LogP contribution in [0, 0.1) is 0 Å². The summed E-state index contributed by atoms with van der Waals surface area (Å²) in [6.45, 7) is 0. The van der Waals surface area contributed by atoms with Crippen molar-refractivity contribution in [3.05, 3.63) is 12.3 Å². The number of carbonyl (C=O) groups is 1. The van der Waals surface area contributed by atoms with Crippen LogP contribution in [-0.4, -0.2) is 21.9 Å². The van der Waals surface area contributed by atoms with E-state index >= 15 is 0 Å². The van der Waals surface area contributed by atoms with Crippen molar-refractivity contribution in [3.63, 3.8) is 0 Å². The molecule has 0 unspecified atom stereocenters. The second-order valence-corrected chi connectivity index (χ2v) is 4.05. The van der Waals surface area contributed by atoms with Crippen molar-refractivity contribution in [1.82, 2.24) is 9.78 Å². The Hall–Kier alpha value is -1.53. The highest BCUT2D eigenvalue weighted by Crippen LogP contribution is 2.31. The van der Waals surface area contributed by atoms with Gasteiger partial charge < -0.3 is 5.32 Å². The first kappa shape index (κ1) is 11.9. The van der Waals surface area contributed by atoms with Crippen LogP contribution >= 0.6 is 0 Å². The highest BCUT2D eigenvalue weighted by Gasteiger charge is 2.39. The summed E-state index contributed by atoms with van der Waals surface area (Å²) < 4.78 is 37.8. The van der Waals surface area contributed by atoms with Gasteiger partial charge in [-0.2, -0.15) is 18.3 Å². The molecule has 1 saturated carbocycles. The second kappa shape index (κ2) is 4.38. The lowest BCUT2D eigenvalue weighted by Gasteiger charge is -2.15. The van der Waals surface area contributed by atoms with Crippen molar-refractivity contribution in [1.29, 1.82) is 0 Å². The Balaban J connectivity index is 2.11. The van der Waals surface area contributed by atoms with Gasteiger partial charge in [0.05, 0.1) is 12.2 Å². The summed E-state index contributed by atoms with van der Waals surface area (Å²) in [6.07, 6.45) is 0.372. The van der Waals surface area contributed by atoms with E-state index in [0.29, 0.717) is 0 Å². The summed E-state index contributed by atoms with van der Waals surface area (Å²) in [5.74, 6) is -1.85. The minimum atomic E-state index is -4.87. The van der Waals surface area contributed by atoms with E-state index in [4.69, 9.17) is 0 Å². The highest BCUT2D eigenvalue weighted by atomic mass is 19.4. The number of hydrogen-bond donors (Lipinski definition) is 1. The van der Waals surface area contributed by atoms with Gasteiger partial charge in [-0.1, -0.05) is 12.8 Å². The van der Waals surface area contributed by atoms with Gasteiger partial charge in [0.1, 0.15) is 5.82 Å². The van der Waals surface area contributed by atoms with Crippen LogP contribution in [0.2, 0.25) is 0 Å². The molecule has 0 radical (unpaired) electrons. The molecule has 1 heterocycles. The summed E-state index contributed by atoms with van der Waals surface area (Å²) in [5, 5.41) is 5.81. The molecule has 2 rings (SSSR count). The van der Waals surface area contributed by atoms with Crippen LogP contribution in [-0.2, 0) is 4.79 Å². The average Bonchev–Trinajstić information content (AvgIpc) is 2.83. The number of anilines is 1. The van der Waals surface area contributed by atoms with E-state index in [2.05, 4.69) is 5.10 Å². The Labute approximate surface area is 95.8 Å². The molecule has 4 nitrogen and oxygen atoms in total. The zero-order valence-corrected chi connectivity index (χ0v) is 9.00.